The minimum absolute atomic E-state index is 0.258. The fourth-order valence-corrected chi connectivity index (χ4v) is 2.69. The van der Waals surface area contributed by atoms with Gasteiger partial charge in [-0.3, -0.25) is 4.79 Å². The molecule has 0 aliphatic rings. The number of carbonyl (C=O) groups is 2. The van der Waals surface area contributed by atoms with E-state index in [4.69, 9.17) is 0 Å². The van der Waals surface area contributed by atoms with Gasteiger partial charge in [-0.05, 0) is 48.9 Å². The molecule has 142 valence electrons. The van der Waals surface area contributed by atoms with Gasteiger partial charge in [-0.15, -0.1) is 0 Å². The van der Waals surface area contributed by atoms with Gasteiger partial charge in [-0.25, -0.2) is 9.78 Å². The van der Waals surface area contributed by atoms with Crippen molar-refractivity contribution in [1.82, 2.24) is 4.98 Å². The number of nitrogens with zero attached hydrogens (tertiary/aromatic N) is 1. The zero-order valence-corrected chi connectivity index (χ0v) is 15.7. The fraction of sp³-hybridized carbons (Fsp3) is 0.136. The van der Waals surface area contributed by atoms with Crippen molar-refractivity contribution in [3.05, 3.63) is 89.1 Å². The quantitative estimate of drug-likeness (QED) is 0.636. The van der Waals surface area contributed by atoms with Crippen LogP contribution < -0.4 is 10.6 Å². The van der Waals surface area contributed by atoms with Crippen molar-refractivity contribution < 1.29 is 14.3 Å². The standard InChI is InChI=1S/C22H21N3O3/c1-15-4-3-5-16(12-15)14-24-20-13-18(10-11-23-20)21(26)25-19-8-6-17(7-9-19)22(27)28-2/h3-13H,14H2,1-2H3,(H,23,24)(H,25,26). The number of benzene rings is 2. The predicted octanol–water partition coefficient (Wildman–Crippen LogP) is 4.04. The van der Waals surface area contributed by atoms with Gasteiger partial charge in [0.25, 0.3) is 5.91 Å². The van der Waals surface area contributed by atoms with Crippen LogP contribution in [-0.4, -0.2) is 24.0 Å². The minimum atomic E-state index is -0.420. The molecular formula is C22H21N3O3. The number of aryl methyl sites for hydroxylation is 1. The summed E-state index contributed by atoms with van der Waals surface area (Å²) < 4.78 is 4.66. The highest BCUT2D eigenvalue weighted by Gasteiger charge is 2.09. The van der Waals surface area contributed by atoms with Crippen LogP contribution in [0.4, 0.5) is 11.5 Å². The van der Waals surface area contributed by atoms with Crippen LogP contribution in [0.3, 0.4) is 0 Å². The van der Waals surface area contributed by atoms with E-state index in [0.717, 1.165) is 5.56 Å². The van der Waals surface area contributed by atoms with Crippen LogP contribution in [0, 0.1) is 6.92 Å². The molecule has 2 aromatic carbocycles. The van der Waals surface area contributed by atoms with E-state index in [0.29, 0.717) is 29.2 Å². The van der Waals surface area contributed by atoms with E-state index in [-0.39, 0.29) is 5.91 Å². The summed E-state index contributed by atoms with van der Waals surface area (Å²) in [6.45, 7) is 2.67. The second-order valence-corrected chi connectivity index (χ2v) is 6.30. The van der Waals surface area contributed by atoms with Crippen molar-refractivity contribution in [2.24, 2.45) is 0 Å². The topological polar surface area (TPSA) is 80.3 Å². The molecule has 0 saturated heterocycles. The van der Waals surface area contributed by atoms with E-state index in [9.17, 15) is 9.59 Å². The second-order valence-electron chi connectivity index (χ2n) is 6.30. The number of rotatable bonds is 6. The lowest BCUT2D eigenvalue weighted by molar-refractivity contribution is 0.0600. The lowest BCUT2D eigenvalue weighted by Gasteiger charge is -2.09. The average Bonchev–Trinajstić information content (AvgIpc) is 2.72. The fourth-order valence-electron chi connectivity index (χ4n) is 2.69. The summed E-state index contributed by atoms with van der Waals surface area (Å²) in [6.07, 6.45) is 1.59. The first-order valence-electron chi connectivity index (χ1n) is 8.80. The molecule has 0 saturated carbocycles. The zero-order chi connectivity index (χ0) is 19.9. The minimum Gasteiger partial charge on any atom is -0.465 e. The molecule has 0 radical (unpaired) electrons. The van der Waals surface area contributed by atoms with Gasteiger partial charge < -0.3 is 15.4 Å². The predicted molar refractivity (Wildman–Crippen MR) is 108 cm³/mol. The van der Waals surface area contributed by atoms with Crippen LogP contribution in [0.1, 0.15) is 31.8 Å². The average molecular weight is 375 g/mol. The van der Waals surface area contributed by atoms with Crippen molar-refractivity contribution in [2.45, 2.75) is 13.5 Å². The van der Waals surface area contributed by atoms with E-state index in [1.807, 2.05) is 25.1 Å². The monoisotopic (exact) mass is 375 g/mol. The highest BCUT2D eigenvalue weighted by molar-refractivity contribution is 6.04. The Labute approximate surface area is 163 Å². The molecule has 6 heteroatoms. The Morgan fingerprint density at radius 3 is 2.50 bits per heavy atom. The van der Waals surface area contributed by atoms with E-state index < -0.39 is 5.97 Å². The van der Waals surface area contributed by atoms with Crippen molar-refractivity contribution >= 4 is 23.4 Å². The highest BCUT2D eigenvalue weighted by Crippen LogP contribution is 2.14. The largest absolute Gasteiger partial charge is 0.465 e. The lowest BCUT2D eigenvalue weighted by Crippen LogP contribution is -2.13. The van der Waals surface area contributed by atoms with Crippen molar-refractivity contribution in [3.8, 4) is 0 Å². The van der Waals surface area contributed by atoms with Crippen LogP contribution in [0.5, 0.6) is 0 Å². The summed E-state index contributed by atoms with van der Waals surface area (Å²) in [6, 6.07) is 18.1. The number of methoxy groups -OCH3 is 1. The molecule has 0 unspecified atom stereocenters. The Kier molecular flexibility index (Phi) is 6.01. The van der Waals surface area contributed by atoms with Crippen LogP contribution in [0.25, 0.3) is 0 Å². The third-order valence-corrected chi connectivity index (χ3v) is 4.14. The molecule has 0 aliphatic heterocycles. The number of carbonyl (C=O) groups excluding carboxylic acids is 2. The molecule has 3 rings (SSSR count). The van der Waals surface area contributed by atoms with Crippen LogP contribution in [0.2, 0.25) is 0 Å². The number of amides is 1. The Hall–Kier alpha value is -3.67. The Morgan fingerprint density at radius 2 is 1.79 bits per heavy atom. The third kappa shape index (κ3) is 4.94. The van der Waals surface area contributed by atoms with E-state index in [2.05, 4.69) is 26.4 Å². The van der Waals surface area contributed by atoms with Crippen LogP contribution >= 0.6 is 0 Å². The first-order chi connectivity index (χ1) is 13.5. The maximum Gasteiger partial charge on any atom is 0.337 e. The van der Waals surface area contributed by atoms with Gasteiger partial charge in [0, 0.05) is 24.0 Å². The molecule has 0 atom stereocenters. The molecule has 0 aliphatic carbocycles. The second kappa shape index (κ2) is 8.81. The van der Waals surface area contributed by atoms with E-state index >= 15 is 0 Å². The number of anilines is 2. The molecule has 1 heterocycles. The normalized spacial score (nSPS) is 10.2. The van der Waals surface area contributed by atoms with Gasteiger partial charge in [0.15, 0.2) is 0 Å². The summed E-state index contributed by atoms with van der Waals surface area (Å²) in [5.74, 6) is -0.0571. The number of hydrogen-bond acceptors (Lipinski definition) is 5. The van der Waals surface area contributed by atoms with Crippen molar-refractivity contribution in [3.63, 3.8) is 0 Å². The van der Waals surface area contributed by atoms with Gasteiger partial charge in [0.2, 0.25) is 0 Å². The molecule has 6 nitrogen and oxygen atoms in total. The summed E-state index contributed by atoms with van der Waals surface area (Å²) in [7, 11) is 1.33. The van der Waals surface area contributed by atoms with Crippen molar-refractivity contribution in [1.29, 1.82) is 0 Å². The number of pyridine rings is 1. The number of nitrogens with one attached hydrogen (secondary N) is 2. The van der Waals surface area contributed by atoms with Crippen molar-refractivity contribution in [2.75, 3.05) is 17.7 Å². The summed E-state index contributed by atoms with van der Waals surface area (Å²) >= 11 is 0. The Morgan fingerprint density at radius 1 is 1.00 bits per heavy atom. The maximum absolute atomic E-state index is 12.5. The third-order valence-electron chi connectivity index (χ3n) is 4.14. The number of esters is 1. The molecule has 2 N–H and O–H groups in total. The number of hydrogen-bond donors (Lipinski definition) is 2. The first kappa shape index (κ1) is 19.1. The molecule has 0 fully saturated rings. The smallest absolute Gasteiger partial charge is 0.337 e. The number of ether oxygens (including phenoxy) is 1. The molecular weight excluding hydrogens is 354 g/mol. The SMILES string of the molecule is COC(=O)c1ccc(NC(=O)c2ccnc(NCc3cccc(C)c3)c2)cc1. The van der Waals surface area contributed by atoms with Gasteiger partial charge >= 0.3 is 5.97 Å². The zero-order valence-electron chi connectivity index (χ0n) is 15.7. The van der Waals surface area contributed by atoms with Crippen LogP contribution in [-0.2, 0) is 11.3 Å². The van der Waals surface area contributed by atoms with Gasteiger partial charge in [-0.2, -0.15) is 0 Å². The first-order valence-corrected chi connectivity index (χ1v) is 8.80. The molecule has 3 aromatic rings. The van der Waals surface area contributed by atoms with E-state index in [1.54, 1.807) is 42.6 Å². The van der Waals surface area contributed by atoms with E-state index in [1.165, 1.54) is 12.7 Å². The Balaban J connectivity index is 1.64. The summed E-state index contributed by atoms with van der Waals surface area (Å²) in [5.41, 5.74) is 3.83. The maximum atomic E-state index is 12.5. The molecule has 1 amide bonds. The number of aromatic nitrogens is 1. The highest BCUT2D eigenvalue weighted by atomic mass is 16.5. The van der Waals surface area contributed by atoms with Gasteiger partial charge in [0.1, 0.15) is 5.82 Å². The Bertz CT molecular complexity index is 984. The summed E-state index contributed by atoms with van der Waals surface area (Å²) in [4.78, 5) is 28.2. The molecule has 0 bridgehead atoms. The van der Waals surface area contributed by atoms with Gasteiger partial charge in [0.05, 0.1) is 12.7 Å². The summed E-state index contributed by atoms with van der Waals surface area (Å²) in [5, 5.41) is 6.04. The van der Waals surface area contributed by atoms with Crippen LogP contribution in [0.15, 0.2) is 66.9 Å². The van der Waals surface area contributed by atoms with Gasteiger partial charge in [-0.1, -0.05) is 29.8 Å². The molecule has 0 spiro atoms. The molecule has 28 heavy (non-hydrogen) atoms. The lowest BCUT2D eigenvalue weighted by atomic mass is 10.1. The molecule has 1 aromatic heterocycles.